The van der Waals surface area contributed by atoms with Gasteiger partial charge in [0.25, 0.3) is 0 Å². The summed E-state index contributed by atoms with van der Waals surface area (Å²) in [4.78, 5) is 28.8. The van der Waals surface area contributed by atoms with Crippen LogP contribution in [0.1, 0.15) is 31.2 Å². The van der Waals surface area contributed by atoms with Crippen LogP contribution in [0.15, 0.2) is 18.3 Å². The van der Waals surface area contributed by atoms with Crippen molar-refractivity contribution in [1.29, 1.82) is 0 Å². The van der Waals surface area contributed by atoms with E-state index in [4.69, 9.17) is 4.74 Å². The lowest BCUT2D eigenvalue weighted by molar-refractivity contribution is -0.147. The number of imide groups is 1. The van der Waals surface area contributed by atoms with E-state index in [-0.39, 0.29) is 36.8 Å². The molecule has 0 saturated carbocycles. The van der Waals surface area contributed by atoms with Crippen molar-refractivity contribution in [3.63, 3.8) is 0 Å². The molecule has 142 valence electrons. The molecule has 1 aromatic rings. The van der Waals surface area contributed by atoms with Gasteiger partial charge in [0.1, 0.15) is 6.10 Å². The van der Waals surface area contributed by atoms with E-state index < -0.39 is 10.0 Å². The zero-order chi connectivity index (χ0) is 18.7. The molecular weight excluding hydrogens is 358 g/mol. The summed E-state index contributed by atoms with van der Waals surface area (Å²) in [5.74, 6) is -0.349. The molecule has 1 unspecified atom stereocenters. The van der Waals surface area contributed by atoms with E-state index >= 15 is 0 Å². The molecule has 0 spiro atoms. The van der Waals surface area contributed by atoms with E-state index in [0.29, 0.717) is 38.1 Å². The molecule has 26 heavy (non-hydrogen) atoms. The van der Waals surface area contributed by atoms with Gasteiger partial charge < -0.3 is 4.74 Å². The number of aromatic nitrogens is 1. The fourth-order valence-electron chi connectivity index (χ4n) is 3.13. The van der Waals surface area contributed by atoms with E-state index in [0.717, 1.165) is 10.5 Å². The average Bonchev–Trinajstić information content (AvgIpc) is 3.06. The van der Waals surface area contributed by atoms with Gasteiger partial charge in [0.2, 0.25) is 27.7 Å². The molecular formula is C17H23N3O5S. The Morgan fingerprint density at radius 1 is 1.23 bits per heavy atom. The van der Waals surface area contributed by atoms with E-state index in [1.54, 1.807) is 12.3 Å². The number of pyridine rings is 1. The van der Waals surface area contributed by atoms with Crippen LogP contribution in [0.5, 0.6) is 5.88 Å². The van der Waals surface area contributed by atoms with Gasteiger partial charge in [0.15, 0.2) is 0 Å². The van der Waals surface area contributed by atoms with Crippen LogP contribution in [0.25, 0.3) is 0 Å². The first kappa shape index (κ1) is 18.8. The molecule has 9 heteroatoms. The van der Waals surface area contributed by atoms with Gasteiger partial charge in [-0.15, -0.1) is 0 Å². The highest BCUT2D eigenvalue weighted by atomic mass is 32.2. The van der Waals surface area contributed by atoms with E-state index in [1.165, 1.54) is 4.31 Å². The number of likely N-dealkylation sites (tertiary alicyclic amines) is 1. The van der Waals surface area contributed by atoms with Gasteiger partial charge in [0, 0.05) is 38.2 Å². The predicted octanol–water partition coefficient (Wildman–Crippen LogP) is 0.712. The second kappa shape index (κ2) is 7.71. The van der Waals surface area contributed by atoms with Crippen LogP contribution in [-0.2, 0) is 19.6 Å². The second-order valence-electron chi connectivity index (χ2n) is 6.67. The van der Waals surface area contributed by atoms with Crippen molar-refractivity contribution in [2.75, 3.05) is 25.4 Å². The summed E-state index contributed by atoms with van der Waals surface area (Å²) in [6.07, 6.45) is 3.17. The van der Waals surface area contributed by atoms with E-state index in [1.807, 2.05) is 13.0 Å². The Morgan fingerprint density at radius 3 is 2.62 bits per heavy atom. The smallest absolute Gasteiger partial charge is 0.229 e. The first-order valence-corrected chi connectivity index (χ1v) is 10.4. The standard InChI is InChI=1S/C17H23N3O5S/c1-13-5-6-15(18-11-13)25-14-7-8-19(12-14)26(23,24)10-9-20-16(21)3-2-4-17(20)22/h5-6,11,14H,2-4,7-10,12H2,1H3. The van der Waals surface area contributed by atoms with Crippen molar-refractivity contribution >= 4 is 21.8 Å². The third-order valence-electron chi connectivity index (χ3n) is 4.63. The molecule has 0 radical (unpaired) electrons. The Balaban J connectivity index is 1.54. The van der Waals surface area contributed by atoms with Gasteiger partial charge in [-0.25, -0.2) is 13.4 Å². The van der Waals surface area contributed by atoms with Crippen LogP contribution >= 0.6 is 0 Å². The van der Waals surface area contributed by atoms with Gasteiger partial charge in [-0.3, -0.25) is 14.5 Å². The first-order valence-electron chi connectivity index (χ1n) is 8.75. The van der Waals surface area contributed by atoms with Crippen LogP contribution in [0.3, 0.4) is 0 Å². The largest absolute Gasteiger partial charge is 0.473 e. The van der Waals surface area contributed by atoms with Gasteiger partial charge in [-0.1, -0.05) is 6.07 Å². The topological polar surface area (TPSA) is 96.9 Å². The quantitative estimate of drug-likeness (QED) is 0.674. The van der Waals surface area contributed by atoms with E-state index in [9.17, 15) is 18.0 Å². The maximum absolute atomic E-state index is 12.5. The minimum absolute atomic E-state index is 0.0818. The van der Waals surface area contributed by atoms with E-state index in [2.05, 4.69) is 4.98 Å². The molecule has 2 amide bonds. The normalized spacial score (nSPS) is 22.0. The van der Waals surface area contributed by atoms with Crippen molar-refractivity contribution in [2.24, 2.45) is 0 Å². The fourth-order valence-corrected chi connectivity index (χ4v) is 4.57. The van der Waals surface area contributed by atoms with Crippen LogP contribution in [0, 0.1) is 6.92 Å². The Bertz CT molecular complexity index is 762. The summed E-state index contributed by atoms with van der Waals surface area (Å²) in [6.45, 7) is 2.46. The molecule has 0 aliphatic carbocycles. The molecule has 1 aromatic heterocycles. The maximum atomic E-state index is 12.5. The van der Waals surface area contributed by atoms with Crippen LogP contribution < -0.4 is 4.74 Å². The van der Waals surface area contributed by atoms with Crippen molar-refractivity contribution in [1.82, 2.24) is 14.2 Å². The summed E-state index contributed by atoms with van der Waals surface area (Å²) in [7, 11) is -3.55. The Kier molecular flexibility index (Phi) is 5.57. The van der Waals surface area contributed by atoms with Gasteiger partial charge in [0.05, 0.1) is 12.3 Å². The molecule has 0 N–H and O–H groups in total. The molecule has 2 saturated heterocycles. The second-order valence-corrected chi connectivity index (χ2v) is 8.76. The Hall–Kier alpha value is -2.00. The number of nitrogens with zero attached hydrogens (tertiary/aromatic N) is 3. The summed E-state index contributed by atoms with van der Waals surface area (Å²) >= 11 is 0. The number of aryl methyl sites for hydroxylation is 1. The number of carbonyl (C=O) groups is 2. The lowest BCUT2D eigenvalue weighted by Crippen LogP contribution is -2.44. The highest BCUT2D eigenvalue weighted by Crippen LogP contribution is 2.20. The van der Waals surface area contributed by atoms with Crippen molar-refractivity contribution < 1.29 is 22.7 Å². The minimum Gasteiger partial charge on any atom is -0.473 e. The van der Waals surface area contributed by atoms with Gasteiger partial charge >= 0.3 is 0 Å². The van der Waals surface area contributed by atoms with Gasteiger partial charge in [-0.2, -0.15) is 4.31 Å². The molecule has 8 nitrogen and oxygen atoms in total. The molecule has 3 heterocycles. The Morgan fingerprint density at radius 2 is 1.96 bits per heavy atom. The summed E-state index contributed by atoms with van der Waals surface area (Å²) in [5.41, 5.74) is 1.02. The number of ether oxygens (including phenoxy) is 1. The molecule has 0 aromatic carbocycles. The molecule has 3 rings (SSSR count). The SMILES string of the molecule is Cc1ccc(OC2CCN(S(=O)(=O)CCN3C(=O)CCCC3=O)C2)nc1. The van der Waals surface area contributed by atoms with Crippen molar-refractivity contribution in [3.8, 4) is 5.88 Å². The zero-order valence-electron chi connectivity index (χ0n) is 14.8. The lowest BCUT2D eigenvalue weighted by Gasteiger charge is -2.25. The fraction of sp³-hybridized carbons (Fsp3) is 0.588. The average molecular weight is 381 g/mol. The third-order valence-corrected chi connectivity index (χ3v) is 6.45. The molecule has 1 atom stereocenters. The number of carbonyl (C=O) groups excluding carboxylic acids is 2. The molecule has 2 fully saturated rings. The third kappa shape index (κ3) is 4.39. The predicted molar refractivity (Wildman–Crippen MR) is 93.9 cm³/mol. The monoisotopic (exact) mass is 381 g/mol. The molecule has 2 aliphatic rings. The highest BCUT2D eigenvalue weighted by molar-refractivity contribution is 7.89. The number of hydrogen-bond acceptors (Lipinski definition) is 6. The molecule has 0 bridgehead atoms. The van der Waals surface area contributed by atoms with Gasteiger partial charge in [-0.05, 0) is 25.3 Å². The summed E-state index contributed by atoms with van der Waals surface area (Å²) in [6, 6.07) is 3.65. The summed E-state index contributed by atoms with van der Waals surface area (Å²) in [5, 5.41) is 0. The maximum Gasteiger partial charge on any atom is 0.229 e. The first-order chi connectivity index (χ1) is 12.3. The summed E-state index contributed by atoms with van der Waals surface area (Å²) < 4.78 is 32.2. The lowest BCUT2D eigenvalue weighted by atomic mass is 10.1. The highest BCUT2D eigenvalue weighted by Gasteiger charge is 2.34. The van der Waals surface area contributed by atoms with Crippen LogP contribution in [-0.4, -0.2) is 65.9 Å². The number of sulfonamides is 1. The number of hydrogen-bond donors (Lipinski definition) is 0. The van der Waals surface area contributed by atoms with Crippen LogP contribution in [0.4, 0.5) is 0 Å². The van der Waals surface area contributed by atoms with Crippen molar-refractivity contribution in [3.05, 3.63) is 23.9 Å². The number of amides is 2. The zero-order valence-corrected chi connectivity index (χ0v) is 15.6. The Labute approximate surface area is 153 Å². The number of rotatable bonds is 6. The molecule has 2 aliphatic heterocycles. The van der Waals surface area contributed by atoms with Crippen molar-refractivity contribution in [2.45, 2.75) is 38.7 Å². The van der Waals surface area contributed by atoms with Crippen LogP contribution in [0.2, 0.25) is 0 Å². The minimum atomic E-state index is -3.55. The number of piperidine rings is 1.